The van der Waals surface area contributed by atoms with Gasteiger partial charge in [0, 0.05) is 18.8 Å². The first-order valence-electron chi connectivity index (χ1n) is 8.51. The second kappa shape index (κ2) is 5.63. The van der Waals surface area contributed by atoms with Gasteiger partial charge in [-0.25, -0.2) is 0 Å². The molecule has 0 N–H and O–H groups in total. The molecule has 2 atom stereocenters. The van der Waals surface area contributed by atoms with Gasteiger partial charge in [0.2, 0.25) is 6.21 Å². The first-order chi connectivity index (χ1) is 10.7. The van der Waals surface area contributed by atoms with Crippen LogP contribution < -0.4 is 0 Å². The predicted octanol–water partition coefficient (Wildman–Crippen LogP) is 4.12. The SMILES string of the molecule is CC(C)(C)[Si](C)(C)O[C@@H]1CC=C2[C@H](C1)Cn1cccc1C=[N+]2[O-]. The number of nitrogens with zero attached hydrogens (tertiary/aromatic N) is 2. The standard InChI is InChI=1S/C18H28N2O2Si/c1-18(2,3)23(4,5)22-16-8-9-17-14(11-16)12-19-10-6-7-15(19)13-20(17)21/h6-7,9-10,13-14,16H,8,11-12H2,1-5H3/t14-,16-/m1/s1. The summed E-state index contributed by atoms with van der Waals surface area (Å²) >= 11 is 0. The molecule has 0 saturated carbocycles. The predicted molar refractivity (Wildman–Crippen MR) is 96.1 cm³/mol. The van der Waals surface area contributed by atoms with Crippen molar-refractivity contribution in [2.24, 2.45) is 5.92 Å². The topological polar surface area (TPSA) is 40.2 Å². The number of hydrogen-bond donors (Lipinski definition) is 0. The highest BCUT2D eigenvalue weighted by molar-refractivity contribution is 6.74. The Hall–Kier alpha value is -1.33. The van der Waals surface area contributed by atoms with Gasteiger partial charge in [-0.3, -0.25) is 0 Å². The van der Waals surface area contributed by atoms with E-state index in [1.54, 1.807) is 6.21 Å². The Morgan fingerprint density at radius 1 is 1.35 bits per heavy atom. The summed E-state index contributed by atoms with van der Waals surface area (Å²) < 4.78 is 9.83. The molecule has 0 saturated heterocycles. The van der Waals surface area contributed by atoms with Gasteiger partial charge in [-0.2, -0.15) is 4.74 Å². The van der Waals surface area contributed by atoms with Crippen molar-refractivity contribution in [2.75, 3.05) is 0 Å². The van der Waals surface area contributed by atoms with Crippen molar-refractivity contribution in [1.29, 1.82) is 0 Å². The quantitative estimate of drug-likeness (QED) is 0.464. The third-order valence-electron chi connectivity index (χ3n) is 5.61. The van der Waals surface area contributed by atoms with Gasteiger partial charge in [0.25, 0.3) is 0 Å². The van der Waals surface area contributed by atoms with Gasteiger partial charge in [0.05, 0.1) is 5.92 Å². The maximum Gasteiger partial charge on any atom is 0.204 e. The summed E-state index contributed by atoms with van der Waals surface area (Å²) in [5, 5.41) is 12.6. The second-order valence-electron chi connectivity index (χ2n) is 8.34. The van der Waals surface area contributed by atoms with Crippen LogP contribution in [0.2, 0.25) is 18.1 Å². The van der Waals surface area contributed by atoms with Gasteiger partial charge in [0.15, 0.2) is 14.0 Å². The molecule has 0 aromatic carbocycles. The Bertz CT molecular complexity index is 652. The van der Waals surface area contributed by atoms with Crippen molar-refractivity contribution in [3.8, 4) is 0 Å². The Morgan fingerprint density at radius 3 is 2.78 bits per heavy atom. The fourth-order valence-electron chi connectivity index (χ4n) is 3.22. The number of hydrogen-bond acceptors (Lipinski definition) is 2. The van der Waals surface area contributed by atoms with Gasteiger partial charge in [-0.05, 0) is 49.2 Å². The first-order valence-corrected chi connectivity index (χ1v) is 11.4. The Kier molecular flexibility index (Phi) is 4.05. The minimum atomic E-state index is -1.77. The molecule has 5 heteroatoms. The van der Waals surface area contributed by atoms with Crippen molar-refractivity contribution < 1.29 is 9.16 Å². The highest BCUT2D eigenvalue weighted by atomic mass is 28.4. The molecule has 0 bridgehead atoms. The molecule has 1 aromatic heterocycles. The monoisotopic (exact) mass is 332 g/mol. The zero-order chi connectivity index (χ0) is 16.8. The Labute approximate surface area is 140 Å². The van der Waals surface area contributed by atoms with E-state index in [0.29, 0.717) is 0 Å². The van der Waals surface area contributed by atoms with E-state index in [-0.39, 0.29) is 17.1 Å². The van der Waals surface area contributed by atoms with Crippen LogP contribution in [-0.4, -0.2) is 29.9 Å². The first kappa shape index (κ1) is 16.5. The number of rotatable bonds is 2. The average molecular weight is 333 g/mol. The minimum Gasteiger partial charge on any atom is -0.618 e. The molecule has 3 rings (SSSR count). The molecule has 1 aliphatic heterocycles. The van der Waals surface area contributed by atoms with Crippen LogP contribution in [0.25, 0.3) is 0 Å². The van der Waals surface area contributed by atoms with E-state index in [2.05, 4.69) is 50.7 Å². The molecule has 0 amide bonds. The fourth-order valence-corrected chi connectivity index (χ4v) is 4.60. The largest absolute Gasteiger partial charge is 0.618 e. The third kappa shape index (κ3) is 3.17. The van der Waals surface area contributed by atoms with Crippen LogP contribution in [0.4, 0.5) is 0 Å². The van der Waals surface area contributed by atoms with Gasteiger partial charge < -0.3 is 14.2 Å². The highest BCUT2D eigenvalue weighted by Gasteiger charge is 2.41. The zero-order valence-corrected chi connectivity index (χ0v) is 15.9. The van der Waals surface area contributed by atoms with E-state index in [1.807, 2.05) is 12.1 Å². The van der Waals surface area contributed by atoms with Gasteiger partial charge in [0.1, 0.15) is 5.69 Å². The lowest BCUT2D eigenvalue weighted by Crippen LogP contribution is -2.45. The van der Waals surface area contributed by atoms with Crippen LogP contribution in [0.15, 0.2) is 30.1 Å². The Morgan fingerprint density at radius 2 is 2.09 bits per heavy atom. The van der Waals surface area contributed by atoms with E-state index in [0.717, 1.165) is 35.5 Å². The summed E-state index contributed by atoms with van der Waals surface area (Å²) in [4.78, 5) is 0. The van der Waals surface area contributed by atoms with Crippen LogP contribution in [0.3, 0.4) is 0 Å². The van der Waals surface area contributed by atoms with Gasteiger partial charge >= 0.3 is 0 Å². The molecule has 0 fully saturated rings. The summed E-state index contributed by atoms with van der Waals surface area (Å²) in [5.74, 6) is 0.237. The third-order valence-corrected chi connectivity index (χ3v) is 10.1. The van der Waals surface area contributed by atoms with E-state index in [4.69, 9.17) is 4.43 Å². The lowest BCUT2D eigenvalue weighted by molar-refractivity contribution is -0.406. The summed E-state index contributed by atoms with van der Waals surface area (Å²) in [7, 11) is -1.77. The van der Waals surface area contributed by atoms with Crippen molar-refractivity contribution in [2.45, 2.75) is 64.4 Å². The van der Waals surface area contributed by atoms with Gasteiger partial charge in [-0.1, -0.05) is 20.8 Å². The summed E-state index contributed by atoms with van der Waals surface area (Å²) in [6.45, 7) is 12.3. The van der Waals surface area contributed by atoms with Crippen LogP contribution in [-0.2, 0) is 11.0 Å². The van der Waals surface area contributed by atoms with Gasteiger partial charge in [-0.15, -0.1) is 0 Å². The maximum absolute atomic E-state index is 12.4. The fraction of sp³-hybridized carbons (Fsp3) is 0.611. The second-order valence-corrected chi connectivity index (χ2v) is 13.1. The van der Waals surface area contributed by atoms with Crippen molar-refractivity contribution in [1.82, 2.24) is 4.57 Å². The van der Waals surface area contributed by atoms with E-state index >= 15 is 0 Å². The lowest BCUT2D eigenvalue weighted by atomic mass is 9.90. The molecule has 23 heavy (non-hydrogen) atoms. The van der Waals surface area contributed by atoms with E-state index in [1.165, 1.54) is 0 Å². The molecule has 0 unspecified atom stereocenters. The molecular formula is C18H28N2O2Si. The molecule has 1 aliphatic carbocycles. The number of aromatic nitrogens is 1. The molecule has 2 aliphatic rings. The molecule has 1 aromatic rings. The van der Waals surface area contributed by atoms with Crippen molar-refractivity contribution in [3.63, 3.8) is 0 Å². The number of hydroxylamine groups is 1. The molecular weight excluding hydrogens is 304 g/mol. The van der Waals surface area contributed by atoms with Crippen LogP contribution in [0, 0.1) is 11.1 Å². The maximum atomic E-state index is 12.4. The number of allylic oxidation sites excluding steroid dienone is 1. The molecule has 126 valence electrons. The molecule has 2 heterocycles. The summed E-state index contributed by atoms with van der Waals surface area (Å²) in [6.07, 6.45) is 7.86. The van der Waals surface area contributed by atoms with E-state index in [9.17, 15) is 5.21 Å². The summed E-state index contributed by atoms with van der Waals surface area (Å²) in [6, 6.07) is 3.99. The highest BCUT2D eigenvalue weighted by Crippen LogP contribution is 2.40. The zero-order valence-electron chi connectivity index (χ0n) is 14.9. The van der Waals surface area contributed by atoms with Crippen molar-refractivity contribution >= 4 is 14.5 Å². The average Bonchev–Trinajstić information content (AvgIpc) is 2.79. The molecule has 0 radical (unpaired) electrons. The van der Waals surface area contributed by atoms with E-state index < -0.39 is 8.32 Å². The molecule has 0 spiro atoms. The minimum absolute atomic E-state index is 0.215. The summed E-state index contributed by atoms with van der Waals surface area (Å²) in [5.41, 5.74) is 1.89. The van der Waals surface area contributed by atoms with Crippen LogP contribution >= 0.6 is 0 Å². The van der Waals surface area contributed by atoms with Crippen LogP contribution in [0.5, 0.6) is 0 Å². The Balaban J connectivity index is 1.80. The lowest BCUT2D eigenvalue weighted by Gasteiger charge is -2.40. The van der Waals surface area contributed by atoms with Crippen molar-refractivity contribution in [3.05, 3.63) is 41.0 Å². The molecule has 4 nitrogen and oxygen atoms in total. The van der Waals surface area contributed by atoms with Crippen LogP contribution in [0.1, 0.15) is 39.3 Å². The number of fused-ring (bicyclic) bond motifs is 2. The smallest absolute Gasteiger partial charge is 0.204 e. The normalized spacial score (nSPS) is 25.1.